The van der Waals surface area contributed by atoms with Crippen LogP contribution in [-0.2, 0) is 0 Å². The number of halogens is 1. The number of carbonyl (C=O) groups excluding carboxylic acids is 1. The lowest BCUT2D eigenvalue weighted by atomic mass is 10.2. The molecule has 2 aromatic carbocycles. The summed E-state index contributed by atoms with van der Waals surface area (Å²) in [4.78, 5) is 15.7. The number of thiocarbonyl (C=S) groups is 1. The normalized spacial score (nSPS) is 10.1. The average Bonchev–Trinajstić information content (AvgIpc) is 2.70. The predicted octanol–water partition coefficient (Wildman–Crippen LogP) is 4.18. The molecule has 0 aliphatic heterocycles. The van der Waals surface area contributed by atoms with E-state index in [0.717, 1.165) is 0 Å². The number of nitrogens with one attached hydrogen (secondary N) is 3. The first kappa shape index (κ1) is 19.2. The minimum atomic E-state index is -0.314. The van der Waals surface area contributed by atoms with E-state index < -0.39 is 0 Å². The van der Waals surface area contributed by atoms with Crippen molar-refractivity contribution in [1.29, 1.82) is 0 Å². The van der Waals surface area contributed by atoms with Gasteiger partial charge < -0.3 is 20.7 Å². The zero-order chi connectivity index (χ0) is 19.9. The standard InChI is InChI=1S/C20H17FN4O2S/c1-22-19(26)13-5-10-18(23-12-13)27-17-4-2-3-16(11-17)25-20(28)24-15-8-6-14(21)7-9-15/h2-12H,1H3,(H,22,26)(H2,24,25,28). The van der Waals surface area contributed by atoms with Gasteiger partial charge in [-0.05, 0) is 54.7 Å². The molecular formula is C20H17FN4O2S. The summed E-state index contributed by atoms with van der Waals surface area (Å²) < 4.78 is 18.7. The van der Waals surface area contributed by atoms with E-state index >= 15 is 0 Å². The molecule has 6 nitrogen and oxygen atoms in total. The fraction of sp³-hybridized carbons (Fsp3) is 0.0500. The Balaban J connectivity index is 1.62. The van der Waals surface area contributed by atoms with Gasteiger partial charge in [0.1, 0.15) is 11.6 Å². The minimum absolute atomic E-state index is 0.215. The second-order valence-corrected chi connectivity index (χ2v) is 6.09. The topological polar surface area (TPSA) is 75.3 Å². The van der Waals surface area contributed by atoms with E-state index in [1.54, 1.807) is 49.5 Å². The third-order valence-electron chi connectivity index (χ3n) is 3.64. The van der Waals surface area contributed by atoms with Crippen molar-refractivity contribution < 1.29 is 13.9 Å². The number of rotatable bonds is 5. The van der Waals surface area contributed by atoms with Gasteiger partial charge in [-0.3, -0.25) is 4.79 Å². The van der Waals surface area contributed by atoms with Gasteiger partial charge in [0.05, 0.1) is 5.56 Å². The molecule has 0 aliphatic carbocycles. The SMILES string of the molecule is CNC(=O)c1ccc(Oc2cccc(NC(=S)Nc3ccc(F)cc3)c2)nc1. The molecule has 1 heterocycles. The number of aromatic nitrogens is 1. The van der Waals surface area contributed by atoms with Crippen molar-refractivity contribution in [1.82, 2.24) is 10.3 Å². The van der Waals surface area contributed by atoms with Crippen LogP contribution in [-0.4, -0.2) is 23.1 Å². The Morgan fingerprint density at radius 3 is 2.46 bits per heavy atom. The van der Waals surface area contributed by atoms with Gasteiger partial charge in [0.25, 0.3) is 5.91 Å². The van der Waals surface area contributed by atoms with E-state index in [9.17, 15) is 9.18 Å². The molecule has 0 aliphatic rings. The van der Waals surface area contributed by atoms with Crippen LogP contribution in [0.4, 0.5) is 15.8 Å². The molecule has 0 spiro atoms. The van der Waals surface area contributed by atoms with Crippen LogP contribution in [0.3, 0.4) is 0 Å². The summed E-state index contributed by atoms with van der Waals surface area (Å²) in [5, 5.41) is 8.90. The molecule has 8 heteroatoms. The number of pyridine rings is 1. The summed E-state index contributed by atoms with van der Waals surface area (Å²) in [6, 6.07) is 16.3. The molecule has 0 fully saturated rings. The van der Waals surface area contributed by atoms with Gasteiger partial charge in [0.15, 0.2) is 5.11 Å². The predicted molar refractivity (Wildman–Crippen MR) is 110 cm³/mol. The van der Waals surface area contributed by atoms with Crippen LogP contribution in [0, 0.1) is 5.82 Å². The molecule has 0 atom stereocenters. The zero-order valence-corrected chi connectivity index (χ0v) is 15.7. The monoisotopic (exact) mass is 396 g/mol. The van der Waals surface area contributed by atoms with Crippen LogP contribution in [0.5, 0.6) is 11.6 Å². The van der Waals surface area contributed by atoms with Crippen LogP contribution in [0.1, 0.15) is 10.4 Å². The Hall–Kier alpha value is -3.52. The van der Waals surface area contributed by atoms with Crippen LogP contribution in [0.2, 0.25) is 0 Å². The van der Waals surface area contributed by atoms with Crippen molar-refractivity contribution in [3.8, 4) is 11.6 Å². The Kier molecular flexibility index (Phi) is 6.13. The molecular weight excluding hydrogens is 379 g/mol. The van der Waals surface area contributed by atoms with Crippen molar-refractivity contribution in [2.45, 2.75) is 0 Å². The van der Waals surface area contributed by atoms with Crippen molar-refractivity contribution >= 4 is 34.6 Å². The van der Waals surface area contributed by atoms with Gasteiger partial charge in [0.2, 0.25) is 5.88 Å². The van der Waals surface area contributed by atoms with Crippen molar-refractivity contribution in [2.75, 3.05) is 17.7 Å². The molecule has 3 rings (SSSR count). The molecule has 28 heavy (non-hydrogen) atoms. The lowest BCUT2D eigenvalue weighted by molar-refractivity contribution is 0.0962. The van der Waals surface area contributed by atoms with Crippen LogP contribution >= 0.6 is 12.2 Å². The van der Waals surface area contributed by atoms with Crippen molar-refractivity contribution in [3.05, 3.63) is 78.2 Å². The van der Waals surface area contributed by atoms with Gasteiger partial charge in [-0.15, -0.1) is 0 Å². The van der Waals surface area contributed by atoms with Gasteiger partial charge in [-0.25, -0.2) is 9.37 Å². The smallest absolute Gasteiger partial charge is 0.252 e. The van der Waals surface area contributed by atoms with Gasteiger partial charge >= 0.3 is 0 Å². The highest BCUT2D eigenvalue weighted by molar-refractivity contribution is 7.80. The summed E-state index contributed by atoms with van der Waals surface area (Å²) in [7, 11) is 1.56. The van der Waals surface area contributed by atoms with Crippen molar-refractivity contribution in [2.24, 2.45) is 0 Å². The Labute approximate surface area is 166 Å². The molecule has 1 amide bonds. The average molecular weight is 396 g/mol. The van der Waals surface area contributed by atoms with Gasteiger partial charge in [-0.2, -0.15) is 0 Å². The Morgan fingerprint density at radius 2 is 1.79 bits per heavy atom. The highest BCUT2D eigenvalue weighted by Gasteiger charge is 2.06. The molecule has 0 unspecified atom stereocenters. The molecule has 3 aromatic rings. The Bertz CT molecular complexity index is 978. The summed E-state index contributed by atoms with van der Waals surface area (Å²) >= 11 is 5.27. The van der Waals surface area contributed by atoms with E-state index in [-0.39, 0.29) is 11.7 Å². The summed E-state index contributed by atoms with van der Waals surface area (Å²) in [5.41, 5.74) is 1.83. The maximum atomic E-state index is 13.0. The van der Waals surface area contributed by atoms with E-state index in [0.29, 0.717) is 33.7 Å². The number of hydrogen-bond acceptors (Lipinski definition) is 4. The van der Waals surface area contributed by atoms with E-state index in [4.69, 9.17) is 17.0 Å². The fourth-order valence-electron chi connectivity index (χ4n) is 2.30. The third kappa shape index (κ3) is 5.24. The molecule has 0 saturated carbocycles. The number of amides is 1. The molecule has 0 bridgehead atoms. The second kappa shape index (κ2) is 8.92. The Morgan fingerprint density at radius 1 is 1.04 bits per heavy atom. The first-order valence-corrected chi connectivity index (χ1v) is 8.74. The number of nitrogens with zero attached hydrogens (tertiary/aromatic N) is 1. The second-order valence-electron chi connectivity index (χ2n) is 5.68. The number of benzene rings is 2. The van der Waals surface area contributed by atoms with Gasteiger partial charge in [0, 0.05) is 36.8 Å². The van der Waals surface area contributed by atoms with Crippen LogP contribution in [0.15, 0.2) is 66.9 Å². The minimum Gasteiger partial charge on any atom is -0.439 e. The highest BCUT2D eigenvalue weighted by atomic mass is 32.1. The van der Waals surface area contributed by atoms with E-state index in [2.05, 4.69) is 20.9 Å². The molecule has 1 aromatic heterocycles. The molecule has 0 radical (unpaired) electrons. The first-order chi connectivity index (χ1) is 13.5. The lowest BCUT2D eigenvalue weighted by Crippen LogP contribution is -2.19. The number of carbonyl (C=O) groups is 1. The highest BCUT2D eigenvalue weighted by Crippen LogP contribution is 2.23. The number of ether oxygens (including phenoxy) is 1. The quantitative estimate of drug-likeness (QED) is 0.562. The molecule has 142 valence electrons. The zero-order valence-electron chi connectivity index (χ0n) is 14.9. The summed E-state index contributed by atoms with van der Waals surface area (Å²) in [6.07, 6.45) is 1.44. The number of hydrogen-bond donors (Lipinski definition) is 3. The van der Waals surface area contributed by atoms with Crippen LogP contribution < -0.4 is 20.7 Å². The largest absolute Gasteiger partial charge is 0.439 e. The van der Waals surface area contributed by atoms with Gasteiger partial charge in [-0.1, -0.05) is 6.07 Å². The number of anilines is 2. The summed E-state index contributed by atoms with van der Waals surface area (Å²) in [5.74, 6) is 0.380. The van der Waals surface area contributed by atoms with Crippen molar-refractivity contribution in [3.63, 3.8) is 0 Å². The lowest BCUT2D eigenvalue weighted by Gasteiger charge is -2.12. The molecule has 3 N–H and O–H groups in total. The third-order valence-corrected chi connectivity index (χ3v) is 3.85. The van der Waals surface area contributed by atoms with Crippen LogP contribution in [0.25, 0.3) is 0 Å². The fourth-order valence-corrected chi connectivity index (χ4v) is 2.54. The maximum absolute atomic E-state index is 13.0. The molecule has 0 saturated heterocycles. The summed E-state index contributed by atoms with van der Waals surface area (Å²) in [6.45, 7) is 0. The first-order valence-electron chi connectivity index (χ1n) is 8.33. The van der Waals surface area contributed by atoms with E-state index in [1.165, 1.54) is 18.3 Å². The maximum Gasteiger partial charge on any atom is 0.252 e. The van der Waals surface area contributed by atoms with E-state index in [1.807, 2.05) is 6.07 Å².